The predicted octanol–water partition coefficient (Wildman–Crippen LogP) is 1.40. The molecule has 0 aliphatic rings. The van der Waals surface area contributed by atoms with Gasteiger partial charge in [-0.3, -0.25) is 14.7 Å². The van der Waals surface area contributed by atoms with Crippen LogP contribution < -0.4 is 10.9 Å². The first-order valence-corrected chi connectivity index (χ1v) is 7.47. The van der Waals surface area contributed by atoms with Gasteiger partial charge in [-0.2, -0.15) is 9.50 Å². The van der Waals surface area contributed by atoms with Gasteiger partial charge in [-0.1, -0.05) is 23.7 Å². The molecular weight excluding hydrogens is 334 g/mol. The van der Waals surface area contributed by atoms with Gasteiger partial charge < -0.3 is 10.1 Å². The molecule has 3 aromatic rings. The number of anilines is 1. The highest BCUT2D eigenvalue weighted by molar-refractivity contribution is 6.30. The highest BCUT2D eigenvalue weighted by atomic mass is 35.5. The first-order valence-electron chi connectivity index (χ1n) is 7.09. The average Bonchev–Trinajstić information content (AvgIpc) is 2.98. The molecule has 2 heterocycles. The van der Waals surface area contributed by atoms with Crippen molar-refractivity contribution in [2.45, 2.75) is 13.0 Å². The number of hydrogen-bond donors (Lipinski definition) is 2. The van der Waals surface area contributed by atoms with E-state index in [-0.39, 0.29) is 17.8 Å². The Bertz CT molecular complexity index is 932. The standard InChI is InChI=1S/C15H14ClN5O3/c1-24-13(23)7-11-6-12(22)21-15(18-11)19-14(20-21)17-8-9-2-4-10(16)5-3-9/h2-6H,7-8H2,1H3,(H2,17,18,19,20). The minimum atomic E-state index is -0.470. The molecule has 8 nitrogen and oxygen atoms in total. The second-order valence-corrected chi connectivity index (χ2v) is 5.46. The van der Waals surface area contributed by atoms with E-state index in [0.717, 1.165) is 5.56 Å². The molecule has 0 saturated heterocycles. The predicted molar refractivity (Wildman–Crippen MR) is 88.1 cm³/mol. The molecule has 2 N–H and O–H groups in total. The summed E-state index contributed by atoms with van der Waals surface area (Å²) in [5.41, 5.74) is 0.958. The van der Waals surface area contributed by atoms with Gasteiger partial charge in [0.1, 0.15) is 0 Å². The van der Waals surface area contributed by atoms with E-state index < -0.39 is 5.97 Å². The Morgan fingerprint density at radius 1 is 1.33 bits per heavy atom. The second kappa shape index (κ2) is 6.71. The van der Waals surface area contributed by atoms with E-state index in [2.05, 4.69) is 25.1 Å². The van der Waals surface area contributed by atoms with Crippen LogP contribution in [-0.2, 0) is 22.5 Å². The van der Waals surface area contributed by atoms with Crippen molar-refractivity contribution >= 4 is 29.3 Å². The number of rotatable bonds is 5. The molecule has 24 heavy (non-hydrogen) atoms. The fourth-order valence-corrected chi connectivity index (χ4v) is 2.23. The van der Waals surface area contributed by atoms with Crippen LogP contribution in [0.4, 0.5) is 5.95 Å². The van der Waals surface area contributed by atoms with Crippen molar-refractivity contribution in [3.05, 3.63) is 57.0 Å². The smallest absolute Gasteiger partial charge is 0.311 e. The van der Waals surface area contributed by atoms with Gasteiger partial charge in [-0.25, -0.2) is 4.98 Å². The molecule has 0 fully saturated rings. The maximum absolute atomic E-state index is 12.1. The monoisotopic (exact) mass is 347 g/mol. The molecule has 2 aromatic heterocycles. The molecule has 0 spiro atoms. The number of nitrogens with one attached hydrogen (secondary N) is 2. The molecule has 0 unspecified atom stereocenters. The number of nitrogens with zero attached hydrogens (tertiary/aromatic N) is 3. The van der Waals surface area contributed by atoms with E-state index in [1.165, 1.54) is 17.7 Å². The molecule has 3 rings (SSSR count). The lowest BCUT2D eigenvalue weighted by atomic mass is 10.2. The number of fused-ring (bicyclic) bond motifs is 1. The number of ether oxygens (including phenoxy) is 1. The van der Waals surface area contributed by atoms with E-state index in [0.29, 0.717) is 23.2 Å². The van der Waals surface area contributed by atoms with E-state index in [4.69, 9.17) is 11.6 Å². The molecule has 124 valence electrons. The Balaban J connectivity index is 1.80. The molecule has 0 aliphatic heterocycles. The molecule has 0 radical (unpaired) electrons. The van der Waals surface area contributed by atoms with Crippen LogP contribution in [0.25, 0.3) is 5.78 Å². The highest BCUT2D eigenvalue weighted by Gasteiger charge is 2.11. The van der Waals surface area contributed by atoms with Crippen molar-refractivity contribution in [2.75, 3.05) is 12.4 Å². The first-order chi connectivity index (χ1) is 11.5. The van der Waals surface area contributed by atoms with Crippen LogP contribution in [0.1, 0.15) is 11.3 Å². The first kappa shape index (κ1) is 16.0. The number of hydrogen-bond acceptors (Lipinski definition) is 6. The van der Waals surface area contributed by atoms with Crippen LogP contribution >= 0.6 is 11.6 Å². The van der Waals surface area contributed by atoms with Gasteiger partial charge in [0.15, 0.2) is 0 Å². The zero-order valence-corrected chi connectivity index (χ0v) is 13.5. The number of esters is 1. The minimum absolute atomic E-state index is 0.0807. The lowest BCUT2D eigenvalue weighted by Gasteiger charge is -2.02. The molecule has 0 aliphatic carbocycles. The van der Waals surface area contributed by atoms with Crippen molar-refractivity contribution in [1.29, 1.82) is 0 Å². The number of aromatic amines is 1. The van der Waals surface area contributed by atoms with Gasteiger partial charge in [-0.15, -0.1) is 0 Å². The number of benzene rings is 1. The highest BCUT2D eigenvalue weighted by Crippen LogP contribution is 2.11. The Kier molecular flexibility index (Phi) is 4.48. The number of aromatic nitrogens is 4. The molecule has 0 saturated carbocycles. The normalized spacial score (nSPS) is 10.8. The average molecular weight is 348 g/mol. The van der Waals surface area contributed by atoms with E-state index in [1.807, 2.05) is 12.1 Å². The summed E-state index contributed by atoms with van der Waals surface area (Å²) in [5, 5.41) is 6.55. The Morgan fingerprint density at radius 3 is 2.79 bits per heavy atom. The molecule has 1 aromatic carbocycles. The topological polar surface area (TPSA) is 101 Å². The van der Waals surface area contributed by atoms with Gasteiger partial charge in [-0.05, 0) is 17.7 Å². The Labute approximate surface area is 141 Å². The van der Waals surface area contributed by atoms with E-state index >= 15 is 0 Å². The van der Waals surface area contributed by atoms with Crippen molar-refractivity contribution in [1.82, 2.24) is 19.6 Å². The quantitative estimate of drug-likeness (QED) is 0.676. The summed E-state index contributed by atoms with van der Waals surface area (Å²) >= 11 is 5.84. The van der Waals surface area contributed by atoms with Crippen molar-refractivity contribution in [3.63, 3.8) is 0 Å². The Morgan fingerprint density at radius 2 is 2.08 bits per heavy atom. The summed E-state index contributed by atoms with van der Waals surface area (Å²) in [6.07, 6.45) is -0.0807. The molecule has 0 atom stereocenters. The number of halogens is 1. The third-order valence-electron chi connectivity index (χ3n) is 3.31. The van der Waals surface area contributed by atoms with E-state index in [9.17, 15) is 9.59 Å². The summed E-state index contributed by atoms with van der Waals surface area (Å²) in [7, 11) is 1.28. The number of carbonyl (C=O) groups excluding carboxylic acids is 1. The van der Waals surface area contributed by atoms with Gasteiger partial charge in [0.2, 0.25) is 5.95 Å². The van der Waals surface area contributed by atoms with Gasteiger partial charge >= 0.3 is 5.97 Å². The fourth-order valence-electron chi connectivity index (χ4n) is 2.11. The van der Waals surface area contributed by atoms with Crippen molar-refractivity contribution in [2.24, 2.45) is 0 Å². The van der Waals surface area contributed by atoms with Crippen molar-refractivity contribution in [3.8, 4) is 0 Å². The van der Waals surface area contributed by atoms with Crippen LogP contribution in [0.2, 0.25) is 5.02 Å². The van der Waals surface area contributed by atoms with Crippen LogP contribution in [0.15, 0.2) is 35.1 Å². The SMILES string of the molecule is COC(=O)Cc1cc(=O)n2[nH]c(NCc3ccc(Cl)cc3)nc2n1. The van der Waals surface area contributed by atoms with Crippen LogP contribution in [0.5, 0.6) is 0 Å². The summed E-state index contributed by atoms with van der Waals surface area (Å²) in [6, 6.07) is 8.63. The van der Waals surface area contributed by atoms with Crippen LogP contribution in [0, 0.1) is 0 Å². The summed E-state index contributed by atoms with van der Waals surface area (Å²) < 4.78 is 5.77. The van der Waals surface area contributed by atoms with Crippen LogP contribution in [-0.4, -0.2) is 32.7 Å². The Hall–Kier alpha value is -2.87. The zero-order valence-electron chi connectivity index (χ0n) is 12.7. The lowest BCUT2D eigenvalue weighted by molar-refractivity contribution is -0.139. The van der Waals surface area contributed by atoms with Gasteiger partial charge in [0, 0.05) is 17.6 Å². The number of carbonyl (C=O) groups is 1. The molecule has 9 heteroatoms. The molecular formula is C15H14ClN5O3. The van der Waals surface area contributed by atoms with E-state index in [1.54, 1.807) is 12.1 Å². The lowest BCUT2D eigenvalue weighted by Crippen LogP contribution is -2.17. The maximum atomic E-state index is 12.1. The molecule has 0 amide bonds. The van der Waals surface area contributed by atoms with Gasteiger partial charge in [0.25, 0.3) is 11.3 Å². The maximum Gasteiger partial charge on any atom is 0.311 e. The number of H-pyrrole nitrogens is 1. The third kappa shape index (κ3) is 3.54. The van der Waals surface area contributed by atoms with Crippen molar-refractivity contribution < 1.29 is 9.53 Å². The second-order valence-electron chi connectivity index (χ2n) is 5.03. The largest absolute Gasteiger partial charge is 0.469 e. The number of methoxy groups -OCH3 is 1. The summed E-state index contributed by atoms with van der Waals surface area (Å²) in [4.78, 5) is 31.7. The summed E-state index contributed by atoms with van der Waals surface area (Å²) in [5.74, 6) is 0.104. The minimum Gasteiger partial charge on any atom is -0.469 e. The zero-order chi connectivity index (χ0) is 17.1. The van der Waals surface area contributed by atoms with Crippen LogP contribution in [0.3, 0.4) is 0 Å². The molecule has 0 bridgehead atoms. The van der Waals surface area contributed by atoms with Gasteiger partial charge in [0.05, 0.1) is 19.2 Å². The fraction of sp³-hybridized carbons (Fsp3) is 0.200. The summed E-state index contributed by atoms with van der Waals surface area (Å²) in [6.45, 7) is 0.501. The third-order valence-corrected chi connectivity index (χ3v) is 3.56.